The fourth-order valence-electron chi connectivity index (χ4n) is 3.72. The monoisotopic (exact) mass is 369 g/mol. The molecule has 1 aliphatic heterocycles. The number of H-pyrrole nitrogens is 1. The minimum Gasteiger partial charge on any atom is -0.480 e. The summed E-state index contributed by atoms with van der Waals surface area (Å²) in [7, 11) is 0. The number of aromatic amines is 1. The number of carboxylic acid groups (broad SMARTS) is 1. The Morgan fingerprint density at radius 2 is 1.85 bits per heavy atom. The molecule has 0 bridgehead atoms. The highest BCUT2D eigenvalue weighted by atomic mass is 35.5. The van der Waals surface area contributed by atoms with Crippen molar-refractivity contribution in [3.05, 3.63) is 65.3 Å². The zero-order chi connectivity index (χ0) is 18.1. The number of anilines is 1. The number of rotatable bonds is 4. The van der Waals surface area contributed by atoms with E-state index in [1.807, 2.05) is 59.6 Å². The second kappa shape index (κ2) is 7.02. The summed E-state index contributed by atoms with van der Waals surface area (Å²) in [5, 5.41) is 11.6. The van der Waals surface area contributed by atoms with Crippen molar-refractivity contribution >= 4 is 34.2 Å². The van der Waals surface area contributed by atoms with Gasteiger partial charge in [0.05, 0.1) is 0 Å². The summed E-state index contributed by atoms with van der Waals surface area (Å²) in [6.07, 6.45) is 1.83. The standard InChI is InChI=1S/C20H20ClN3O2/c21-14-4-3-5-15(12-14)23-8-10-24(11-9-23)19(20(25)26)17-13-22-18-7-2-1-6-16(17)18/h1-7,12-13,19,22H,8-11H2,(H,25,26)/t19-/m0/s1. The molecule has 1 fully saturated rings. The summed E-state index contributed by atoms with van der Waals surface area (Å²) in [5.74, 6) is -0.814. The van der Waals surface area contributed by atoms with E-state index >= 15 is 0 Å². The molecule has 1 aromatic heterocycles. The van der Waals surface area contributed by atoms with Crippen molar-refractivity contribution in [1.82, 2.24) is 9.88 Å². The van der Waals surface area contributed by atoms with Gasteiger partial charge in [-0.3, -0.25) is 9.69 Å². The second-order valence-corrected chi connectivity index (χ2v) is 6.97. The van der Waals surface area contributed by atoms with Gasteiger partial charge < -0.3 is 15.0 Å². The smallest absolute Gasteiger partial charge is 0.325 e. The van der Waals surface area contributed by atoms with Crippen molar-refractivity contribution in [2.45, 2.75) is 6.04 Å². The Morgan fingerprint density at radius 1 is 1.08 bits per heavy atom. The van der Waals surface area contributed by atoms with Crippen molar-refractivity contribution in [3.63, 3.8) is 0 Å². The molecule has 1 aliphatic rings. The van der Waals surface area contributed by atoms with Crippen LogP contribution in [0.5, 0.6) is 0 Å². The highest BCUT2D eigenvalue weighted by Gasteiger charge is 2.32. The van der Waals surface area contributed by atoms with Crippen LogP contribution in [0.25, 0.3) is 10.9 Å². The molecule has 5 nitrogen and oxygen atoms in total. The first-order valence-corrected chi connectivity index (χ1v) is 9.04. The summed E-state index contributed by atoms with van der Waals surface area (Å²) < 4.78 is 0. The number of para-hydroxylation sites is 1. The molecule has 26 heavy (non-hydrogen) atoms. The molecule has 1 saturated heterocycles. The Balaban J connectivity index is 1.55. The normalized spacial score (nSPS) is 16.7. The second-order valence-electron chi connectivity index (χ2n) is 6.53. The van der Waals surface area contributed by atoms with Gasteiger partial charge >= 0.3 is 5.97 Å². The third-order valence-electron chi connectivity index (χ3n) is 5.00. The fraction of sp³-hybridized carbons (Fsp3) is 0.250. The van der Waals surface area contributed by atoms with Gasteiger partial charge in [0.25, 0.3) is 0 Å². The van der Waals surface area contributed by atoms with Crippen LogP contribution in [0, 0.1) is 0 Å². The van der Waals surface area contributed by atoms with E-state index in [9.17, 15) is 9.90 Å². The number of nitrogens with one attached hydrogen (secondary N) is 1. The molecular formula is C20H20ClN3O2. The number of halogens is 1. The van der Waals surface area contributed by atoms with Gasteiger partial charge in [-0.05, 0) is 24.3 Å². The van der Waals surface area contributed by atoms with E-state index in [2.05, 4.69) is 9.88 Å². The van der Waals surface area contributed by atoms with Crippen molar-refractivity contribution < 1.29 is 9.90 Å². The lowest BCUT2D eigenvalue weighted by molar-refractivity contribution is -0.143. The summed E-state index contributed by atoms with van der Waals surface area (Å²) in [6, 6.07) is 15.0. The summed E-state index contributed by atoms with van der Waals surface area (Å²) in [6.45, 7) is 2.91. The number of nitrogens with zero attached hydrogens (tertiary/aromatic N) is 2. The molecule has 2 heterocycles. The SMILES string of the molecule is O=C(O)[C@H](c1c[nH]c2ccccc12)N1CCN(c2cccc(Cl)c2)CC1. The van der Waals surface area contributed by atoms with Crippen LogP contribution in [-0.2, 0) is 4.79 Å². The van der Waals surface area contributed by atoms with Gasteiger partial charge in [0, 0.05) is 59.6 Å². The van der Waals surface area contributed by atoms with Crippen LogP contribution >= 0.6 is 11.6 Å². The number of hydrogen-bond acceptors (Lipinski definition) is 3. The molecule has 3 aromatic rings. The van der Waals surface area contributed by atoms with E-state index in [1.54, 1.807) is 0 Å². The Bertz CT molecular complexity index is 931. The van der Waals surface area contributed by atoms with Crippen LogP contribution in [0.15, 0.2) is 54.7 Å². The minimum atomic E-state index is -0.814. The molecule has 0 spiro atoms. The van der Waals surface area contributed by atoms with Gasteiger partial charge in [-0.1, -0.05) is 35.9 Å². The Morgan fingerprint density at radius 3 is 2.58 bits per heavy atom. The molecule has 0 radical (unpaired) electrons. The van der Waals surface area contributed by atoms with Gasteiger partial charge in [0.15, 0.2) is 0 Å². The average Bonchev–Trinajstić information content (AvgIpc) is 3.06. The van der Waals surface area contributed by atoms with Crippen molar-refractivity contribution in [2.75, 3.05) is 31.1 Å². The maximum absolute atomic E-state index is 12.1. The lowest BCUT2D eigenvalue weighted by Crippen LogP contribution is -2.49. The third-order valence-corrected chi connectivity index (χ3v) is 5.24. The lowest BCUT2D eigenvalue weighted by atomic mass is 10.0. The Labute approximate surface area is 156 Å². The number of aromatic nitrogens is 1. The van der Waals surface area contributed by atoms with Crippen LogP contribution in [0.4, 0.5) is 5.69 Å². The Kier molecular flexibility index (Phi) is 4.57. The zero-order valence-corrected chi connectivity index (χ0v) is 15.0. The number of aliphatic carboxylic acids is 1. The molecule has 0 aliphatic carbocycles. The van der Waals surface area contributed by atoms with Gasteiger partial charge in [0.1, 0.15) is 6.04 Å². The van der Waals surface area contributed by atoms with E-state index in [1.165, 1.54) is 0 Å². The third kappa shape index (κ3) is 3.16. The van der Waals surface area contributed by atoms with Gasteiger partial charge in [-0.2, -0.15) is 0 Å². The highest BCUT2D eigenvalue weighted by molar-refractivity contribution is 6.30. The fourth-order valence-corrected chi connectivity index (χ4v) is 3.90. The molecule has 134 valence electrons. The van der Waals surface area contributed by atoms with Crippen LogP contribution in [0.3, 0.4) is 0 Å². The van der Waals surface area contributed by atoms with Crippen molar-refractivity contribution in [2.24, 2.45) is 0 Å². The van der Waals surface area contributed by atoms with E-state index in [-0.39, 0.29) is 0 Å². The minimum absolute atomic E-state index is 0.646. The van der Waals surface area contributed by atoms with E-state index in [4.69, 9.17) is 11.6 Å². The predicted molar refractivity (Wildman–Crippen MR) is 104 cm³/mol. The summed E-state index contributed by atoms with van der Waals surface area (Å²) in [5.41, 5.74) is 2.87. The van der Waals surface area contributed by atoms with Gasteiger partial charge in [0.2, 0.25) is 0 Å². The van der Waals surface area contributed by atoms with Crippen molar-refractivity contribution in [1.29, 1.82) is 0 Å². The van der Waals surface area contributed by atoms with Gasteiger partial charge in [-0.15, -0.1) is 0 Å². The quantitative estimate of drug-likeness (QED) is 0.735. The number of hydrogen-bond donors (Lipinski definition) is 2. The molecule has 4 rings (SSSR count). The largest absolute Gasteiger partial charge is 0.480 e. The number of fused-ring (bicyclic) bond motifs is 1. The topological polar surface area (TPSA) is 59.6 Å². The molecule has 1 atom stereocenters. The summed E-state index contributed by atoms with van der Waals surface area (Å²) in [4.78, 5) is 19.5. The maximum Gasteiger partial charge on any atom is 0.325 e. The van der Waals surface area contributed by atoms with E-state index < -0.39 is 12.0 Å². The molecule has 2 aromatic carbocycles. The number of piperazine rings is 1. The zero-order valence-electron chi connectivity index (χ0n) is 14.2. The average molecular weight is 370 g/mol. The highest BCUT2D eigenvalue weighted by Crippen LogP contribution is 2.30. The molecular weight excluding hydrogens is 350 g/mol. The lowest BCUT2D eigenvalue weighted by Gasteiger charge is -2.38. The van der Waals surface area contributed by atoms with E-state index in [0.717, 1.165) is 35.2 Å². The number of benzene rings is 2. The summed E-state index contributed by atoms with van der Waals surface area (Å²) >= 11 is 6.09. The van der Waals surface area contributed by atoms with Crippen LogP contribution < -0.4 is 4.90 Å². The number of carbonyl (C=O) groups is 1. The molecule has 0 saturated carbocycles. The molecule has 2 N–H and O–H groups in total. The molecule has 0 unspecified atom stereocenters. The number of carboxylic acids is 1. The predicted octanol–water partition coefficient (Wildman–Crippen LogP) is 3.77. The van der Waals surface area contributed by atoms with Crippen molar-refractivity contribution in [3.8, 4) is 0 Å². The van der Waals surface area contributed by atoms with Gasteiger partial charge in [-0.25, -0.2) is 0 Å². The van der Waals surface area contributed by atoms with Crippen LogP contribution in [-0.4, -0.2) is 47.1 Å². The van der Waals surface area contributed by atoms with Crippen LogP contribution in [0.2, 0.25) is 5.02 Å². The first-order valence-electron chi connectivity index (χ1n) is 8.67. The molecule has 6 heteroatoms. The first kappa shape index (κ1) is 16.9. The maximum atomic E-state index is 12.1. The Hall–Kier alpha value is -2.50. The molecule has 0 amide bonds. The first-order chi connectivity index (χ1) is 12.6. The van der Waals surface area contributed by atoms with Crippen LogP contribution in [0.1, 0.15) is 11.6 Å². The van der Waals surface area contributed by atoms with E-state index in [0.29, 0.717) is 18.1 Å².